The molecule has 112 valence electrons. The van der Waals surface area contributed by atoms with Crippen molar-refractivity contribution >= 4 is 0 Å². The lowest BCUT2D eigenvalue weighted by Crippen LogP contribution is -2.26. The fourth-order valence-corrected chi connectivity index (χ4v) is 2.92. The minimum Gasteiger partial charge on any atom is -0.496 e. The first-order chi connectivity index (χ1) is 9.74. The molecule has 1 aromatic rings. The molecule has 0 bridgehead atoms. The van der Waals surface area contributed by atoms with Crippen molar-refractivity contribution in [1.82, 2.24) is 10.2 Å². The maximum absolute atomic E-state index is 5.52. The molecule has 3 nitrogen and oxygen atoms in total. The van der Waals surface area contributed by atoms with Crippen molar-refractivity contribution in [2.45, 2.75) is 52.2 Å². The fourth-order valence-electron chi connectivity index (χ4n) is 2.92. The third-order valence-electron chi connectivity index (χ3n) is 4.16. The minimum absolute atomic E-state index is 0.696. The molecule has 1 saturated heterocycles. The van der Waals surface area contributed by atoms with Crippen LogP contribution in [0, 0.1) is 0 Å². The zero-order chi connectivity index (χ0) is 14.4. The SMILES string of the molecule is CCCNCc1ccc(OC)c(CN2CCCC2C)c1. The van der Waals surface area contributed by atoms with Crippen molar-refractivity contribution in [1.29, 1.82) is 0 Å². The predicted octanol–water partition coefficient (Wildman–Crippen LogP) is 3.18. The van der Waals surface area contributed by atoms with E-state index in [-0.39, 0.29) is 0 Å². The summed E-state index contributed by atoms with van der Waals surface area (Å²) in [6, 6.07) is 7.27. The Morgan fingerprint density at radius 2 is 2.25 bits per heavy atom. The zero-order valence-electron chi connectivity index (χ0n) is 13.1. The van der Waals surface area contributed by atoms with E-state index in [0.29, 0.717) is 6.04 Å². The molecule has 1 N–H and O–H groups in total. The van der Waals surface area contributed by atoms with E-state index in [2.05, 4.69) is 42.3 Å². The summed E-state index contributed by atoms with van der Waals surface area (Å²) in [5.41, 5.74) is 2.66. The second kappa shape index (κ2) is 7.65. The highest BCUT2D eigenvalue weighted by molar-refractivity contribution is 5.37. The molecule has 2 rings (SSSR count). The lowest BCUT2D eigenvalue weighted by molar-refractivity contribution is 0.256. The molecular weight excluding hydrogens is 248 g/mol. The van der Waals surface area contributed by atoms with Crippen LogP contribution in [-0.4, -0.2) is 31.1 Å². The highest BCUT2D eigenvalue weighted by atomic mass is 16.5. The van der Waals surface area contributed by atoms with E-state index in [1.165, 1.54) is 36.9 Å². The Balaban J connectivity index is 2.05. The van der Waals surface area contributed by atoms with Gasteiger partial charge >= 0.3 is 0 Å². The van der Waals surface area contributed by atoms with E-state index in [4.69, 9.17) is 4.74 Å². The van der Waals surface area contributed by atoms with Gasteiger partial charge in [-0.1, -0.05) is 13.0 Å². The molecule has 1 aliphatic rings. The van der Waals surface area contributed by atoms with Gasteiger partial charge in [0, 0.05) is 24.7 Å². The summed E-state index contributed by atoms with van der Waals surface area (Å²) >= 11 is 0. The Morgan fingerprint density at radius 1 is 1.40 bits per heavy atom. The van der Waals surface area contributed by atoms with E-state index in [0.717, 1.165) is 25.4 Å². The molecule has 0 spiro atoms. The Labute approximate surface area is 123 Å². The summed E-state index contributed by atoms with van der Waals surface area (Å²) in [7, 11) is 1.77. The molecule has 1 aromatic carbocycles. The number of ether oxygens (including phenoxy) is 1. The average molecular weight is 276 g/mol. The first kappa shape index (κ1) is 15.3. The van der Waals surface area contributed by atoms with Crippen LogP contribution in [0.4, 0.5) is 0 Å². The molecule has 1 heterocycles. The molecule has 0 amide bonds. The van der Waals surface area contributed by atoms with E-state index in [1.807, 2.05) is 0 Å². The van der Waals surface area contributed by atoms with E-state index >= 15 is 0 Å². The molecule has 0 saturated carbocycles. The lowest BCUT2D eigenvalue weighted by atomic mass is 10.1. The Hall–Kier alpha value is -1.06. The number of methoxy groups -OCH3 is 1. The molecule has 0 aliphatic carbocycles. The van der Waals surface area contributed by atoms with E-state index in [1.54, 1.807) is 7.11 Å². The van der Waals surface area contributed by atoms with Gasteiger partial charge in [-0.15, -0.1) is 0 Å². The molecular formula is C17H28N2O. The second-order valence-corrected chi connectivity index (χ2v) is 5.78. The largest absolute Gasteiger partial charge is 0.496 e. The van der Waals surface area contributed by atoms with E-state index < -0.39 is 0 Å². The maximum Gasteiger partial charge on any atom is 0.123 e. The van der Waals surface area contributed by atoms with Gasteiger partial charge in [0.1, 0.15) is 5.75 Å². The van der Waals surface area contributed by atoms with Gasteiger partial charge in [0.2, 0.25) is 0 Å². The normalized spacial score (nSPS) is 19.4. The second-order valence-electron chi connectivity index (χ2n) is 5.78. The topological polar surface area (TPSA) is 24.5 Å². The highest BCUT2D eigenvalue weighted by Gasteiger charge is 2.21. The van der Waals surface area contributed by atoms with Crippen LogP contribution in [-0.2, 0) is 13.1 Å². The van der Waals surface area contributed by atoms with Crippen LogP contribution < -0.4 is 10.1 Å². The summed E-state index contributed by atoms with van der Waals surface area (Å²) in [4.78, 5) is 2.56. The van der Waals surface area contributed by atoms with Gasteiger partial charge in [0.15, 0.2) is 0 Å². The van der Waals surface area contributed by atoms with Crippen LogP contribution >= 0.6 is 0 Å². The molecule has 0 radical (unpaired) electrons. The molecule has 0 aromatic heterocycles. The molecule has 1 fully saturated rings. The van der Waals surface area contributed by atoms with Crippen molar-refractivity contribution in [3.63, 3.8) is 0 Å². The number of hydrogen-bond donors (Lipinski definition) is 1. The van der Waals surface area contributed by atoms with Crippen LogP contribution in [0.1, 0.15) is 44.2 Å². The maximum atomic E-state index is 5.52. The summed E-state index contributed by atoms with van der Waals surface area (Å²) in [6.45, 7) is 8.76. The van der Waals surface area contributed by atoms with Crippen molar-refractivity contribution in [2.24, 2.45) is 0 Å². The number of benzene rings is 1. The van der Waals surface area contributed by atoms with Crippen molar-refractivity contribution in [3.8, 4) is 5.75 Å². The van der Waals surface area contributed by atoms with Crippen molar-refractivity contribution in [3.05, 3.63) is 29.3 Å². The first-order valence-corrected chi connectivity index (χ1v) is 7.85. The van der Waals surface area contributed by atoms with E-state index in [9.17, 15) is 0 Å². The number of nitrogens with one attached hydrogen (secondary N) is 1. The van der Waals surface area contributed by atoms with Gasteiger partial charge in [0.25, 0.3) is 0 Å². The molecule has 1 atom stereocenters. The van der Waals surface area contributed by atoms with Gasteiger partial charge in [0.05, 0.1) is 7.11 Å². The van der Waals surface area contributed by atoms with Gasteiger partial charge in [-0.3, -0.25) is 4.90 Å². The molecule has 3 heteroatoms. The highest BCUT2D eigenvalue weighted by Crippen LogP contribution is 2.25. The van der Waals surface area contributed by atoms with Crippen LogP contribution in [0.5, 0.6) is 5.75 Å². The van der Waals surface area contributed by atoms with Gasteiger partial charge in [-0.05, 0) is 57.0 Å². The predicted molar refractivity (Wildman–Crippen MR) is 84.1 cm³/mol. The van der Waals surface area contributed by atoms with Gasteiger partial charge < -0.3 is 10.1 Å². The monoisotopic (exact) mass is 276 g/mol. The average Bonchev–Trinajstić information content (AvgIpc) is 2.85. The number of likely N-dealkylation sites (tertiary alicyclic amines) is 1. The summed E-state index contributed by atoms with van der Waals surface area (Å²) in [6.07, 6.45) is 3.82. The minimum atomic E-state index is 0.696. The van der Waals surface area contributed by atoms with Crippen LogP contribution in [0.15, 0.2) is 18.2 Å². The quantitative estimate of drug-likeness (QED) is 0.774. The standard InChI is InChI=1S/C17H28N2O/c1-4-9-18-12-15-7-8-17(20-3)16(11-15)13-19-10-5-6-14(19)2/h7-8,11,14,18H,4-6,9-10,12-13H2,1-3H3. The number of nitrogens with zero attached hydrogens (tertiary/aromatic N) is 1. The summed E-state index contributed by atoms with van der Waals surface area (Å²) in [5.74, 6) is 1.02. The van der Waals surface area contributed by atoms with Crippen molar-refractivity contribution < 1.29 is 4.74 Å². The molecule has 1 unspecified atom stereocenters. The Bertz CT molecular complexity index is 419. The van der Waals surface area contributed by atoms with Gasteiger partial charge in [-0.2, -0.15) is 0 Å². The number of hydrogen-bond acceptors (Lipinski definition) is 3. The van der Waals surface area contributed by atoms with Crippen molar-refractivity contribution in [2.75, 3.05) is 20.2 Å². The van der Waals surface area contributed by atoms with Gasteiger partial charge in [-0.25, -0.2) is 0 Å². The van der Waals surface area contributed by atoms with Crippen LogP contribution in [0.25, 0.3) is 0 Å². The third kappa shape index (κ3) is 3.97. The lowest BCUT2D eigenvalue weighted by Gasteiger charge is -2.22. The van der Waals surface area contributed by atoms with Crippen LogP contribution in [0.2, 0.25) is 0 Å². The molecule has 1 aliphatic heterocycles. The fraction of sp³-hybridized carbons (Fsp3) is 0.647. The Morgan fingerprint density at radius 3 is 2.90 bits per heavy atom. The first-order valence-electron chi connectivity index (χ1n) is 7.85. The van der Waals surface area contributed by atoms with Crippen LogP contribution in [0.3, 0.4) is 0 Å². The third-order valence-corrected chi connectivity index (χ3v) is 4.16. The summed E-state index contributed by atoms with van der Waals surface area (Å²) < 4.78 is 5.52. The Kier molecular flexibility index (Phi) is 5.86. The zero-order valence-corrected chi connectivity index (χ0v) is 13.1. The molecule has 20 heavy (non-hydrogen) atoms. The smallest absolute Gasteiger partial charge is 0.123 e. The summed E-state index contributed by atoms with van der Waals surface area (Å²) in [5, 5.41) is 3.46. The number of rotatable bonds is 7.